The first-order valence-corrected chi connectivity index (χ1v) is 5.68. The first kappa shape index (κ1) is 11.9. The number of hydrogen-bond donors (Lipinski definition) is 1. The van der Waals surface area contributed by atoms with Crippen LogP contribution in [0.2, 0.25) is 0 Å². The minimum absolute atomic E-state index is 0.255. The van der Waals surface area contributed by atoms with Crippen LogP contribution in [0.15, 0.2) is 40.8 Å². The van der Waals surface area contributed by atoms with E-state index in [1.54, 1.807) is 19.1 Å². The maximum Gasteiger partial charge on any atom is 0.134 e. The molecule has 0 spiro atoms. The van der Waals surface area contributed by atoms with E-state index in [9.17, 15) is 9.50 Å². The lowest BCUT2D eigenvalue weighted by atomic mass is 10.2. The fourth-order valence-electron chi connectivity index (χ4n) is 1.63. The summed E-state index contributed by atoms with van der Waals surface area (Å²) < 4.78 is 18.4. The summed E-state index contributed by atoms with van der Waals surface area (Å²) >= 11 is 0. The van der Waals surface area contributed by atoms with Gasteiger partial charge in [-0.15, -0.1) is 0 Å². The van der Waals surface area contributed by atoms with Crippen LogP contribution in [0.3, 0.4) is 0 Å². The number of rotatable bonds is 4. The summed E-state index contributed by atoms with van der Waals surface area (Å²) in [5, 5.41) is 9.18. The molecule has 0 aliphatic heterocycles. The van der Waals surface area contributed by atoms with Crippen LogP contribution in [-0.2, 0) is 6.42 Å². The van der Waals surface area contributed by atoms with Gasteiger partial charge in [0.05, 0.1) is 6.10 Å². The Labute approximate surface area is 99.7 Å². The number of aliphatic hydroxyl groups is 1. The highest BCUT2D eigenvalue weighted by Crippen LogP contribution is 2.23. The molecule has 90 valence electrons. The van der Waals surface area contributed by atoms with E-state index in [2.05, 4.69) is 0 Å². The Bertz CT molecular complexity index is 471. The number of aliphatic hydroxyl groups excluding tert-OH is 1. The first-order valence-electron chi connectivity index (χ1n) is 5.68. The molecule has 0 aliphatic carbocycles. The van der Waals surface area contributed by atoms with Crippen molar-refractivity contribution in [1.82, 2.24) is 0 Å². The van der Waals surface area contributed by atoms with Gasteiger partial charge in [-0.05, 0) is 49.7 Å². The van der Waals surface area contributed by atoms with Crippen LogP contribution in [0.1, 0.15) is 19.1 Å². The molecule has 3 heteroatoms. The maximum absolute atomic E-state index is 12.8. The van der Waals surface area contributed by atoms with Gasteiger partial charge < -0.3 is 9.52 Å². The molecule has 0 amide bonds. The predicted octanol–water partition coefficient (Wildman–Crippen LogP) is 3.40. The molecule has 0 radical (unpaired) electrons. The van der Waals surface area contributed by atoms with Crippen molar-refractivity contribution in [3.63, 3.8) is 0 Å². The topological polar surface area (TPSA) is 33.4 Å². The molecule has 1 aromatic heterocycles. The van der Waals surface area contributed by atoms with Crippen molar-refractivity contribution >= 4 is 0 Å². The normalized spacial score (nSPS) is 12.6. The Morgan fingerprint density at radius 2 is 1.88 bits per heavy atom. The Kier molecular flexibility index (Phi) is 3.59. The minimum atomic E-state index is -0.325. The van der Waals surface area contributed by atoms with Gasteiger partial charge in [-0.2, -0.15) is 0 Å². The van der Waals surface area contributed by atoms with E-state index in [0.717, 1.165) is 17.1 Å². The number of benzene rings is 1. The average molecular weight is 234 g/mol. The number of aryl methyl sites for hydroxylation is 1. The molecular formula is C14H15FO2. The molecule has 0 saturated carbocycles. The predicted molar refractivity (Wildman–Crippen MR) is 64.1 cm³/mol. The lowest BCUT2D eigenvalue weighted by molar-refractivity contribution is 0.182. The molecule has 2 nitrogen and oxygen atoms in total. The van der Waals surface area contributed by atoms with Gasteiger partial charge >= 0.3 is 0 Å². The third-order valence-corrected chi connectivity index (χ3v) is 2.60. The quantitative estimate of drug-likeness (QED) is 0.879. The van der Waals surface area contributed by atoms with Crippen LogP contribution in [-0.4, -0.2) is 11.2 Å². The summed E-state index contributed by atoms with van der Waals surface area (Å²) in [5.41, 5.74) is 0.856. The average Bonchev–Trinajstić information content (AvgIpc) is 2.76. The van der Waals surface area contributed by atoms with Crippen molar-refractivity contribution in [3.8, 4) is 11.3 Å². The van der Waals surface area contributed by atoms with Crippen molar-refractivity contribution in [2.75, 3.05) is 0 Å². The summed E-state index contributed by atoms with van der Waals surface area (Å²) in [5.74, 6) is 1.31. The van der Waals surface area contributed by atoms with E-state index in [1.807, 2.05) is 12.1 Å². The molecule has 1 atom stereocenters. The highest BCUT2D eigenvalue weighted by molar-refractivity contribution is 5.57. The fraction of sp³-hybridized carbons (Fsp3) is 0.286. The van der Waals surface area contributed by atoms with Gasteiger partial charge in [-0.25, -0.2) is 4.39 Å². The van der Waals surface area contributed by atoms with Gasteiger partial charge in [-0.1, -0.05) is 0 Å². The lowest BCUT2D eigenvalue weighted by Gasteiger charge is -2.01. The van der Waals surface area contributed by atoms with Crippen molar-refractivity contribution in [2.45, 2.75) is 25.9 Å². The van der Waals surface area contributed by atoms with Crippen LogP contribution < -0.4 is 0 Å². The highest BCUT2D eigenvalue weighted by Gasteiger charge is 2.06. The van der Waals surface area contributed by atoms with Gasteiger partial charge in [0.15, 0.2) is 0 Å². The van der Waals surface area contributed by atoms with Gasteiger partial charge in [0, 0.05) is 12.0 Å². The largest absolute Gasteiger partial charge is 0.461 e. The SMILES string of the molecule is CC(O)CCc1ccc(-c2ccc(F)cc2)o1. The second kappa shape index (κ2) is 5.15. The van der Waals surface area contributed by atoms with E-state index in [4.69, 9.17) is 4.42 Å². The number of furan rings is 1. The monoisotopic (exact) mass is 234 g/mol. The van der Waals surface area contributed by atoms with Crippen LogP contribution in [0.25, 0.3) is 11.3 Å². The zero-order valence-electron chi connectivity index (χ0n) is 9.69. The van der Waals surface area contributed by atoms with E-state index >= 15 is 0 Å². The van der Waals surface area contributed by atoms with E-state index in [0.29, 0.717) is 12.8 Å². The van der Waals surface area contributed by atoms with E-state index in [1.165, 1.54) is 12.1 Å². The second-order valence-corrected chi connectivity index (χ2v) is 4.16. The van der Waals surface area contributed by atoms with Crippen molar-refractivity contribution < 1.29 is 13.9 Å². The zero-order chi connectivity index (χ0) is 12.3. The summed E-state index contributed by atoms with van der Waals surface area (Å²) in [7, 11) is 0. The van der Waals surface area contributed by atoms with Gasteiger partial charge in [0.25, 0.3) is 0 Å². The van der Waals surface area contributed by atoms with E-state index < -0.39 is 0 Å². The third kappa shape index (κ3) is 3.17. The maximum atomic E-state index is 12.8. The minimum Gasteiger partial charge on any atom is -0.461 e. The lowest BCUT2D eigenvalue weighted by Crippen LogP contribution is -2.00. The molecule has 2 aromatic rings. The third-order valence-electron chi connectivity index (χ3n) is 2.60. The van der Waals surface area contributed by atoms with Gasteiger partial charge in [0.1, 0.15) is 17.3 Å². The molecule has 17 heavy (non-hydrogen) atoms. The summed E-state index contributed by atoms with van der Waals surface area (Å²) in [6.07, 6.45) is 1.06. The molecule has 0 bridgehead atoms. The zero-order valence-corrected chi connectivity index (χ0v) is 9.69. The fourth-order valence-corrected chi connectivity index (χ4v) is 1.63. The van der Waals surface area contributed by atoms with Crippen LogP contribution in [0, 0.1) is 5.82 Å². The molecule has 0 fully saturated rings. The summed E-state index contributed by atoms with van der Waals surface area (Å²) in [6.45, 7) is 1.75. The van der Waals surface area contributed by atoms with Crippen LogP contribution in [0.4, 0.5) is 4.39 Å². The molecule has 1 unspecified atom stereocenters. The van der Waals surface area contributed by atoms with Crippen LogP contribution in [0.5, 0.6) is 0 Å². The smallest absolute Gasteiger partial charge is 0.134 e. The Hall–Kier alpha value is -1.61. The van der Waals surface area contributed by atoms with Crippen molar-refractivity contribution in [1.29, 1.82) is 0 Å². The first-order chi connectivity index (χ1) is 8.15. The van der Waals surface area contributed by atoms with Crippen molar-refractivity contribution in [3.05, 3.63) is 48.0 Å². The van der Waals surface area contributed by atoms with Gasteiger partial charge in [-0.3, -0.25) is 0 Å². The van der Waals surface area contributed by atoms with Crippen molar-refractivity contribution in [2.24, 2.45) is 0 Å². The molecule has 1 N–H and O–H groups in total. The Morgan fingerprint density at radius 3 is 2.53 bits per heavy atom. The Morgan fingerprint density at radius 1 is 1.18 bits per heavy atom. The molecule has 0 saturated heterocycles. The highest BCUT2D eigenvalue weighted by atomic mass is 19.1. The Balaban J connectivity index is 2.10. The molecule has 2 rings (SSSR count). The number of halogens is 1. The molecule has 1 aromatic carbocycles. The molecule has 0 aliphatic rings. The second-order valence-electron chi connectivity index (χ2n) is 4.16. The number of hydrogen-bond acceptors (Lipinski definition) is 2. The molecule has 1 heterocycles. The molecular weight excluding hydrogens is 219 g/mol. The summed E-state index contributed by atoms with van der Waals surface area (Å²) in [6, 6.07) is 9.95. The van der Waals surface area contributed by atoms with E-state index in [-0.39, 0.29) is 11.9 Å². The van der Waals surface area contributed by atoms with Crippen LogP contribution >= 0.6 is 0 Å². The summed E-state index contributed by atoms with van der Waals surface area (Å²) in [4.78, 5) is 0. The standard InChI is InChI=1S/C14H15FO2/c1-10(16)2-7-13-8-9-14(17-13)11-3-5-12(15)6-4-11/h3-6,8-10,16H,2,7H2,1H3. The van der Waals surface area contributed by atoms with Gasteiger partial charge in [0.2, 0.25) is 0 Å².